The number of nitrogens with zero attached hydrogens (tertiary/aromatic N) is 1. The van der Waals surface area contributed by atoms with Gasteiger partial charge in [0.15, 0.2) is 0 Å². The fraction of sp³-hybridized carbons (Fsp3) is 0.333. The molecule has 5 nitrogen and oxygen atoms in total. The smallest absolute Gasteiger partial charge is 0.247 e. The molecule has 0 aliphatic carbocycles. The molecule has 120 valence electrons. The number of rotatable bonds is 5. The van der Waals surface area contributed by atoms with E-state index in [-0.39, 0.29) is 12.0 Å². The van der Waals surface area contributed by atoms with E-state index in [9.17, 15) is 4.79 Å². The monoisotopic (exact) mass is 312 g/mol. The van der Waals surface area contributed by atoms with Crippen molar-refractivity contribution in [2.75, 3.05) is 18.5 Å². The summed E-state index contributed by atoms with van der Waals surface area (Å²) < 4.78 is 11.6. The zero-order chi connectivity index (χ0) is 16.1. The number of amides is 1. The highest BCUT2D eigenvalue weighted by atomic mass is 16.5. The second-order valence-electron chi connectivity index (χ2n) is 5.50. The molecule has 0 spiro atoms. The van der Waals surface area contributed by atoms with E-state index < -0.39 is 0 Å². The maximum atomic E-state index is 11.5. The summed E-state index contributed by atoms with van der Waals surface area (Å²) in [6.45, 7) is 4.79. The normalized spacial score (nSPS) is 17.7. The molecule has 1 saturated heterocycles. The molecule has 23 heavy (non-hydrogen) atoms. The highest BCUT2D eigenvalue weighted by Crippen LogP contribution is 2.30. The van der Waals surface area contributed by atoms with Crippen LogP contribution in [0.3, 0.4) is 0 Å². The van der Waals surface area contributed by atoms with Crippen LogP contribution in [0.1, 0.15) is 19.3 Å². The summed E-state index contributed by atoms with van der Waals surface area (Å²) in [5.41, 5.74) is 1.42. The number of hydrogen-bond donors (Lipinski definition) is 1. The average Bonchev–Trinajstić information content (AvgIpc) is 2.62. The maximum Gasteiger partial charge on any atom is 0.247 e. The van der Waals surface area contributed by atoms with Gasteiger partial charge >= 0.3 is 0 Å². The minimum Gasteiger partial charge on any atom is -0.489 e. The number of nitrogens with one attached hydrogen (secondary N) is 1. The standard InChI is InChI=1S/C18H20N2O3/c1-2-17(21)20-15-8-9-16(18-14(15)7-5-10-19-18)23-12-13-6-3-4-11-22-13/h2,5,7-10,13H,1,3-4,6,11-12H2,(H,20,21). The van der Waals surface area contributed by atoms with Gasteiger partial charge in [0.05, 0.1) is 11.8 Å². The maximum absolute atomic E-state index is 11.5. The van der Waals surface area contributed by atoms with Gasteiger partial charge in [0.2, 0.25) is 5.91 Å². The molecule has 3 rings (SSSR count). The molecular weight excluding hydrogens is 292 g/mol. The lowest BCUT2D eigenvalue weighted by Crippen LogP contribution is -2.25. The summed E-state index contributed by atoms with van der Waals surface area (Å²) >= 11 is 0. The minimum atomic E-state index is -0.251. The first-order valence-corrected chi connectivity index (χ1v) is 7.83. The highest BCUT2D eigenvalue weighted by Gasteiger charge is 2.16. The predicted molar refractivity (Wildman–Crippen MR) is 89.7 cm³/mol. The molecular formula is C18H20N2O3. The van der Waals surface area contributed by atoms with Crippen molar-refractivity contribution < 1.29 is 14.3 Å². The SMILES string of the molecule is C=CC(=O)Nc1ccc(OCC2CCCCO2)c2ncccc12. The molecule has 1 N–H and O–H groups in total. The second kappa shape index (κ2) is 7.24. The third-order valence-corrected chi connectivity index (χ3v) is 3.87. The van der Waals surface area contributed by atoms with Crippen LogP contribution in [0.25, 0.3) is 10.9 Å². The lowest BCUT2D eigenvalue weighted by Gasteiger charge is -2.23. The van der Waals surface area contributed by atoms with Crippen LogP contribution in [0.2, 0.25) is 0 Å². The number of hydrogen-bond acceptors (Lipinski definition) is 4. The lowest BCUT2D eigenvalue weighted by molar-refractivity contribution is -0.111. The van der Waals surface area contributed by atoms with Gasteiger partial charge in [-0.25, -0.2) is 0 Å². The van der Waals surface area contributed by atoms with Crippen LogP contribution in [-0.4, -0.2) is 30.2 Å². The van der Waals surface area contributed by atoms with Crippen molar-refractivity contribution in [2.24, 2.45) is 0 Å². The number of fused-ring (bicyclic) bond motifs is 1. The van der Waals surface area contributed by atoms with E-state index in [0.29, 0.717) is 18.0 Å². The van der Waals surface area contributed by atoms with E-state index in [1.807, 2.05) is 24.3 Å². The Morgan fingerprint density at radius 2 is 2.35 bits per heavy atom. The Kier molecular flexibility index (Phi) is 4.88. The Bertz CT molecular complexity index is 708. The molecule has 0 saturated carbocycles. The first-order chi connectivity index (χ1) is 11.3. The molecule has 1 aromatic heterocycles. The third kappa shape index (κ3) is 3.68. The van der Waals surface area contributed by atoms with Crippen molar-refractivity contribution in [1.82, 2.24) is 4.98 Å². The lowest BCUT2D eigenvalue weighted by atomic mass is 10.1. The summed E-state index contributed by atoms with van der Waals surface area (Å²) in [5.74, 6) is 0.450. The van der Waals surface area contributed by atoms with E-state index >= 15 is 0 Å². The zero-order valence-electron chi connectivity index (χ0n) is 13.0. The number of carbonyl (C=O) groups excluding carboxylic acids is 1. The summed E-state index contributed by atoms with van der Waals surface area (Å²) in [4.78, 5) is 15.9. The van der Waals surface area contributed by atoms with Crippen molar-refractivity contribution in [3.05, 3.63) is 43.1 Å². The third-order valence-electron chi connectivity index (χ3n) is 3.87. The first-order valence-electron chi connectivity index (χ1n) is 7.83. The number of ether oxygens (including phenoxy) is 2. The van der Waals surface area contributed by atoms with Gasteiger partial charge in [0.25, 0.3) is 0 Å². The van der Waals surface area contributed by atoms with Crippen LogP contribution in [0, 0.1) is 0 Å². The molecule has 1 aliphatic rings. The van der Waals surface area contributed by atoms with Crippen LogP contribution in [0.4, 0.5) is 5.69 Å². The number of pyridine rings is 1. The predicted octanol–water partition coefficient (Wildman–Crippen LogP) is 3.31. The van der Waals surface area contributed by atoms with Crippen LogP contribution >= 0.6 is 0 Å². The van der Waals surface area contributed by atoms with Gasteiger partial charge in [-0.2, -0.15) is 0 Å². The first kappa shape index (κ1) is 15.5. The van der Waals surface area contributed by atoms with E-state index in [1.54, 1.807) is 6.20 Å². The Morgan fingerprint density at radius 1 is 1.43 bits per heavy atom. The van der Waals surface area contributed by atoms with Crippen molar-refractivity contribution in [1.29, 1.82) is 0 Å². The molecule has 0 radical (unpaired) electrons. The van der Waals surface area contributed by atoms with Gasteiger partial charge in [-0.3, -0.25) is 9.78 Å². The van der Waals surface area contributed by atoms with Crippen LogP contribution < -0.4 is 10.1 Å². The van der Waals surface area contributed by atoms with E-state index in [2.05, 4.69) is 16.9 Å². The van der Waals surface area contributed by atoms with Crippen molar-refractivity contribution >= 4 is 22.5 Å². The highest BCUT2D eigenvalue weighted by molar-refractivity contribution is 6.06. The van der Waals surface area contributed by atoms with Gasteiger partial charge in [-0.05, 0) is 49.6 Å². The zero-order valence-corrected chi connectivity index (χ0v) is 13.0. The van der Waals surface area contributed by atoms with Gasteiger partial charge in [-0.15, -0.1) is 0 Å². The van der Waals surface area contributed by atoms with Gasteiger partial charge in [0.1, 0.15) is 17.9 Å². The molecule has 1 aromatic carbocycles. The quantitative estimate of drug-likeness (QED) is 0.861. The summed E-state index contributed by atoms with van der Waals surface area (Å²) in [7, 11) is 0. The molecule has 5 heteroatoms. The van der Waals surface area contributed by atoms with Crippen molar-refractivity contribution in [3.63, 3.8) is 0 Å². The van der Waals surface area contributed by atoms with Gasteiger partial charge < -0.3 is 14.8 Å². The van der Waals surface area contributed by atoms with Crippen LogP contribution in [-0.2, 0) is 9.53 Å². The van der Waals surface area contributed by atoms with E-state index in [4.69, 9.17) is 9.47 Å². The molecule has 1 amide bonds. The number of aromatic nitrogens is 1. The van der Waals surface area contributed by atoms with E-state index in [0.717, 1.165) is 30.4 Å². The Balaban J connectivity index is 1.82. The molecule has 0 bridgehead atoms. The van der Waals surface area contributed by atoms with Crippen LogP contribution in [0.5, 0.6) is 5.75 Å². The average molecular weight is 312 g/mol. The molecule has 1 aliphatic heterocycles. The summed E-state index contributed by atoms with van der Waals surface area (Å²) in [6.07, 6.45) is 6.43. The second-order valence-corrected chi connectivity index (χ2v) is 5.50. The topological polar surface area (TPSA) is 60.5 Å². The number of benzene rings is 1. The summed E-state index contributed by atoms with van der Waals surface area (Å²) in [5, 5.41) is 3.63. The fourth-order valence-electron chi connectivity index (χ4n) is 2.68. The van der Waals surface area contributed by atoms with Crippen molar-refractivity contribution in [2.45, 2.75) is 25.4 Å². The Hall–Kier alpha value is -2.40. The largest absolute Gasteiger partial charge is 0.489 e. The van der Waals surface area contributed by atoms with Crippen molar-refractivity contribution in [3.8, 4) is 5.75 Å². The number of carbonyl (C=O) groups is 1. The Morgan fingerprint density at radius 3 is 3.13 bits per heavy atom. The summed E-state index contributed by atoms with van der Waals surface area (Å²) in [6, 6.07) is 7.39. The van der Waals surface area contributed by atoms with Crippen LogP contribution in [0.15, 0.2) is 43.1 Å². The molecule has 1 atom stereocenters. The molecule has 2 heterocycles. The Labute approximate surface area is 135 Å². The minimum absolute atomic E-state index is 0.141. The molecule has 1 unspecified atom stereocenters. The number of anilines is 1. The molecule has 1 fully saturated rings. The molecule has 2 aromatic rings. The van der Waals surface area contributed by atoms with E-state index in [1.165, 1.54) is 12.5 Å². The fourth-order valence-corrected chi connectivity index (χ4v) is 2.68. The van der Waals surface area contributed by atoms with Gasteiger partial charge in [0, 0.05) is 18.2 Å². The van der Waals surface area contributed by atoms with Gasteiger partial charge in [-0.1, -0.05) is 6.58 Å².